The molecule has 0 aromatic heterocycles. The first kappa shape index (κ1) is 14.9. The van der Waals surface area contributed by atoms with Gasteiger partial charge in [-0.15, -0.1) is 23.5 Å². The van der Waals surface area contributed by atoms with Crippen LogP contribution in [0.4, 0.5) is 0 Å². The second-order valence-electron chi connectivity index (χ2n) is 4.96. The first-order valence-electron chi connectivity index (χ1n) is 7.08. The zero-order valence-corrected chi connectivity index (χ0v) is 15.0. The Bertz CT molecular complexity index is 672. The number of thioether (sulfide) groups is 2. The Labute approximate surface area is 147 Å². The maximum Gasteiger partial charge on any atom is 0.0836 e. The standard InChI is InChI=1S/C18H14S4/c1-3-7-15-13(5-1)9-11-17(19-15)21-22-18-12-10-14-6-2-4-8-16(14)20-18/h1-12,17-18H. The lowest BCUT2D eigenvalue weighted by Crippen LogP contribution is -2.00. The van der Waals surface area contributed by atoms with Crippen molar-refractivity contribution >= 4 is 57.3 Å². The van der Waals surface area contributed by atoms with Gasteiger partial charge in [0.1, 0.15) is 0 Å². The van der Waals surface area contributed by atoms with E-state index in [1.807, 2.05) is 45.1 Å². The van der Waals surface area contributed by atoms with Gasteiger partial charge in [-0.05, 0) is 23.3 Å². The number of hydrogen-bond acceptors (Lipinski definition) is 4. The van der Waals surface area contributed by atoms with E-state index in [1.165, 1.54) is 20.9 Å². The van der Waals surface area contributed by atoms with Gasteiger partial charge in [0.25, 0.3) is 0 Å². The Hall–Kier alpha value is -0.680. The summed E-state index contributed by atoms with van der Waals surface area (Å²) in [5, 5.41) is 0. The van der Waals surface area contributed by atoms with Gasteiger partial charge in [-0.1, -0.05) is 82.3 Å². The monoisotopic (exact) mass is 358 g/mol. The Balaban J connectivity index is 1.37. The molecule has 2 aromatic carbocycles. The Morgan fingerprint density at radius 1 is 0.636 bits per heavy atom. The van der Waals surface area contributed by atoms with Gasteiger partial charge in [0, 0.05) is 9.79 Å². The van der Waals surface area contributed by atoms with Crippen molar-refractivity contribution in [2.75, 3.05) is 0 Å². The van der Waals surface area contributed by atoms with Crippen LogP contribution in [0.2, 0.25) is 0 Å². The molecular weight excluding hydrogens is 344 g/mol. The summed E-state index contributed by atoms with van der Waals surface area (Å²) in [6.45, 7) is 0. The molecule has 2 unspecified atom stereocenters. The van der Waals surface area contributed by atoms with Crippen molar-refractivity contribution in [3.63, 3.8) is 0 Å². The van der Waals surface area contributed by atoms with Gasteiger partial charge in [0.2, 0.25) is 0 Å². The van der Waals surface area contributed by atoms with Crippen LogP contribution in [0.25, 0.3) is 12.2 Å². The molecule has 0 spiro atoms. The lowest BCUT2D eigenvalue weighted by molar-refractivity contribution is 1.39. The van der Waals surface area contributed by atoms with Crippen LogP contribution < -0.4 is 0 Å². The van der Waals surface area contributed by atoms with E-state index in [4.69, 9.17) is 0 Å². The van der Waals surface area contributed by atoms with E-state index in [2.05, 4.69) is 72.8 Å². The third kappa shape index (κ3) is 3.30. The molecule has 0 bridgehead atoms. The first-order valence-corrected chi connectivity index (χ1v) is 11.1. The topological polar surface area (TPSA) is 0 Å². The fourth-order valence-electron chi connectivity index (χ4n) is 2.36. The Morgan fingerprint density at radius 3 is 1.59 bits per heavy atom. The van der Waals surface area contributed by atoms with E-state index in [1.54, 1.807) is 0 Å². The Kier molecular flexibility index (Phi) is 4.62. The van der Waals surface area contributed by atoms with Gasteiger partial charge in [-0.25, -0.2) is 0 Å². The molecule has 0 saturated carbocycles. The smallest absolute Gasteiger partial charge is 0.0836 e. The summed E-state index contributed by atoms with van der Waals surface area (Å²) in [6.07, 6.45) is 9.14. The normalized spacial score (nSPS) is 22.2. The fourth-order valence-corrected chi connectivity index (χ4v) is 8.04. The van der Waals surface area contributed by atoms with E-state index < -0.39 is 0 Å². The van der Waals surface area contributed by atoms with Crippen LogP contribution in [0.15, 0.2) is 70.5 Å². The maximum absolute atomic E-state index is 2.32. The average Bonchev–Trinajstić information content (AvgIpc) is 2.59. The summed E-state index contributed by atoms with van der Waals surface area (Å²) in [5.74, 6) is 0. The van der Waals surface area contributed by atoms with Crippen LogP contribution in [-0.4, -0.2) is 9.16 Å². The molecule has 110 valence electrons. The summed E-state index contributed by atoms with van der Waals surface area (Å²) in [4.78, 5) is 2.78. The number of fused-ring (bicyclic) bond motifs is 2. The molecule has 0 saturated heterocycles. The summed E-state index contributed by atoms with van der Waals surface area (Å²) in [6, 6.07) is 17.3. The van der Waals surface area contributed by atoms with Crippen LogP contribution in [0.3, 0.4) is 0 Å². The minimum absolute atomic E-state index is 0.492. The molecule has 2 atom stereocenters. The lowest BCUT2D eigenvalue weighted by Gasteiger charge is -2.21. The van der Waals surface area contributed by atoms with E-state index in [0.717, 1.165) is 0 Å². The van der Waals surface area contributed by atoms with E-state index in [-0.39, 0.29) is 0 Å². The van der Waals surface area contributed by atoms with Crippen molar-refractivity contribution in [1.82, 2.24) is 0 Å². The summed E-state index contributed by atoms with van der Waals surface area (Å²) >= 11 is 3.91. The van der Waals surface area contributed by atoms with Crippen LogP contribution >= 0.6 is 45.1 Å². The minimum atomic E-state index is 0.492. The highest BCUT2D eigenvalue weighted by Crippen LogP contribution is 2.49. The molecule has 0 aliphatic carbocycles. The van der Waals surface area contributed by atoms with Crippen molar-refractivity contribution in [2.24, 2.45) is 0 Å². The zero-order chi connectivity index (χ0) is 14.8. The molecule has 4 heteroatoms. The van der Waals surface area contributed by atoms with Crippen molar-refractivity contribution in [1.29, 1.82) is 0 Å². The van der Waals surface area contributed by atoms with Gasteiger partial charge < -0.3 is 0 Å². The third-order valence-electron chi connectivity index (χ3n) is 3.44. The highest BCUT2D eigenvalue weighted by atomic mass is 33.1. The molecule has 0 N–H and O–H groups in total. The third-order valence-corrected chi connectivity index (χ3v) is 9.73. The van der Waals surface area contributed by atoms with Gasteiger partial charge in [0.05, 0.1) is 9.16 Å². The van der Waals surface area contributed by atoms with Crippen LogP contribution in [0, 0.1) is 0 Å². The van der Waals surface area contributed by atoms with Crippen molar-refractivity contribution < 1.29 is 0 Å². The van der Waals surface area contributed by atoms with Gasteiger partial charge >= 0.3 is 0 Å². The van der Waals surface area contributed by atoms with Crippen LogP contribution in [0.5, 0.6) is 0 Å². The second kappa shape index (κ2) is 6.83. The van der Waals surface area contributed by atoms with Crippen LogP contribution in [0.1, 0.15) is 11.1 Å². The highest BCUT2D eigenvalue weighted by molar-refractivity contribution is 8.80. The molecular formula is C18H14S4. The predicted molar refractivity (Wildman–Crippen MR) is 105 cm³/mol. The molecule has 0 amide bonds. The highest BCUT2D eigenvalue weighted by Gasteiger charge is 2.19. The van der Waals surface area contributed by atoms with Crippen molar-refractivity contribution in [3.8, 4) is 0 Å². The molecule has 0 nitrogen and oxygen atoms in total. The molecule has 0 radical (unpaired) electrons. The van der Waals surface area contributed by atoms with Crippen LogP contribution in [-0.2, 0) is 0 Å². The van der Waals surface area contributed by atoms with Gasteiger partial charge in [-0.3, -0.25) is 0 Å². The number of hydrogen-bond donors (Lipinski definition) is 0. The maximum atomic E-state index is 2.32. The van der Waals surface area contributed by atoms with Gasteiger partial charge in [-0.2, -0.15) is 0 Å². The largest absolute Gasteiger partial charge is 0.106 e. The van der Waals surface area contributed by atoms with Gasteiger partial charge in [0.15, 0.2) is 0 Å². The summed E-state index contributed by atoms with van der Waals surface area (Å²) in [7, 11) is 3.93. The molecule has 2 heterocycles. The molecule has 2 aliphatic heterocycles. The minimum Gasteiger partial charge on any atom is -0.106 e. The fraction of sp³-hybridized carbons (Fsp3) is 0.111. The molecule has 4 rings (SSSR count). The zero-order valence-electron chi connectivity index (χ0n) is 11.7. The predicted octanol–water partition coefficient (Wildman–Crippen LogP) is 6.66. The second-order valence-corrected chi connectivity index (χ2v) is 10.5. The van der Waals surface area contributed by atoms with E-state index in [0.29, 0.717) is 9.16 Å². The van der Waals surface area contributed by atoms with Crippen molar-refractivity contribution in [2.45, 2.75) is 19.0 Å². The van der Waals surface area contributed by atoms with E-state index >= 15 is 0 Å². The molecule has 2 aromatic rings. The first-order chi connectivity index (χ1) is 10.9. The van der Waals surface area contributed by atoms with Crippen molar-refractivity contribution in [3.05, 3.63) is 71.8 Å². The lowest BCUT2D eigenvalue weighted by atomic mass is 10.2. The average molecular weight is 359 g/mol. The Morgan fingerprint density at radius 2 is 1.09 bits per heavy atom. The molecule has 0 fully saturated rings. The number of rotatable bonds is 3. The SMILES string of the molecule is C1=CC(SSC2C=Cc3ccccc3S2)Sc2ccccc21. The summed E-state index contributed by atoms with van der Waals surface area (Å²) in [5.41, 5.74) is 2.69. The summed E-state index contributed by atoms with van der Waals surface area (Å²) < 4.78 is 0.983. The van der Waals surface area contributed by atoms with E-state index in [9.17, 15) is 0 Å². The molecule has 22 heavy (non-hydrogen) atoms. The quantitative estimate of drug-likeness (QED) is 0.562. The molecule has 2 aliphatic rings. The number of benzene rings is 2.